The van der Waals surface area contributed by atoms with E-state index in [0.29, 0.717) is 24.8 Å². The van der Waals surface area contributed by atoms with Crippen LogP contribution in [0.2, 0.25) is 5.02 Å². The van der Waals surface area contributed by atoms with E-state index in [1.165, 1.54) is 0 Å². The summed E-state index contributed by atoms with van der Waals surface area (Å²) in [6.45, 7) is 3.32. The molecule has 0 bridgehead atoms. The number of nitrogens with two attached hydrogens (primary N) is 1. The highest BCUT2D eigenvalue weighted by atomic mass is 35.5. The Bertz CT molecular complexity index is 840. The van der Waals surface area contributed by atoms with Crippen LogP contribution in [0.3, 0.4) is 0 Å². The number of hydrogen-bond acceptors (Lipinski definition) is 5. The molecular weight excluding hydrogens is 394 g/mol. The van der Waals surface area contributed by atoms with Crippen LogP contribution in [0.15, 0.2) is 42.6 Å². The molecule has 0 saturated carbocycles. The Kier molecular flexibility index (Phi) is 7.26. The maximum absolute atomic E-state index is 12.5. The third-order valence-corrected chi connectivity index (χ3v) is 4.87. The Balaban J connectivity index is 1.58. The zero-order chi connectivity index (χ0) is 20.6. The van der Waals surface area contributed by atoms with Gasteiger partial charge in [0, 0.05) is 30.9 Å². The highest BCUT2D eigenvalue weighted by Gasteiger charge is 2.18. The Morgan fingerprint density at radius 2 is 1.93 bits per heavy atom. The molecule has 1 saturated heterocycles. The van der Waals surface area contributed by atoms with Crippen molar-refractivity contribution in [2.45, 2.75) is 19.0 Å². The van der Waals surface area contributed by atoms with Gasteiger partial charge >= 0.3 is 6.03 Å². The normalized spacial score (nSPS) is 14.9. The lowest BCUT2D eigenvalue weighted by Gasteiger charge is -2.28. The summed E-state index contributed by atoms with van der Waals surface area (Å²) in [5, 5.41) is 6.06. The summed E-state index contributed by atoms with van der Waals surface area (Å²) in [5.74, 6) is 0.665. The third-order valence-electron chi connectivity index (χ3n) is 4.61. The van der Waals surface area contributed by atoms with Crippen molar-refractivity contribution >= 4 is 29.4 Å². The van der Waals surface area contributed by atoms with Gasteiger partial charge in [0.25, 0.3) is 0 Å². The van der Waals surface area contributed by atoms with Gasteiger partial charge in [0.2, 0.25) is 5.91 Å². The van der Waals surface area contributed by atoms with Crippen LogP contribution in [-0.4, -0.2) is 43.2 Å². The molecule has 1 aromatic heterocycles. The number of carbonyl (C=O) groups is 2. The van der Waals surface area contributed by atoms with E-state index in [1.807, 2.05) is 12.1 Å². The highest BCUT2D eigenvalue weighted by Crippen LogP contribution is 2.20. The van der Waals surface area contributed by atoms with E-state index in [9.17, 15) is 9.59 Å². The molecule has 1 atom stereocenters. The Morgan fingerprint density at radius 1 is 1.21 bits per heavy atom. The molecule has 2 aromatic rings. The lowest BCUT2D eigenvalue weighted by Crippen LogP contribution is -2.37. The number of hydrogen-bond donors (Lipinski definition) is 3. The molecule has 9 heteroatoms. The molecule has 3 rings (SSSR count). The van der Waals surface area contributed by atoms with Crippen molar-refractivity contribution in [2.75, 3.05) is 31.2 Å². The van der Waals surface area contributed by atoms with Gasteiger partial charge in [-0.25, -0.2) is 9.78 Å². The Labute approximate surface area is 174 Å². The van der Waals surface area contributed by atoms with Crippen molar-refractivity contribution in [1.29, 1.82) is 0 Å². The molecule has 8 nitrogen and oxygen atoms in total. The number of urea groups is 1. The van der Waals surface area contributed by atoms with Crippen LogP contribution in [0.25, 0.3) is 0 Å². The predicted octanol–water partition coefficient (Wildman–Crippen LogP) is 1.99. The highest BCUT2D eigenvalue weighted by molar-refractivity contribution is 6.30. The van der Waals surface area contributed by atoms with E-state index in [2.05, 4.69) is 20.5 Å². The van der Waals surface area contributed by atoms with Gasteiger partial charge in [-0.05, 0) is 35.4 Å². The number of carbonyl (C=O) groups excluding carboxylic acids is 2. The number of pyridine rings is 1. The number of benzene rings is 1. The van der Waals surface area contributed by atoms with Crippen molar-refractivity contribution in [3.8, 4) is 0 Å². The summed E-state index contributed by atoms with van der Waals surface area (Å²) < 4.78 is 5.37. The SMILES string of the molecule is NC(=O)N[C@@H](CC(=O)NCc1ccnc(N2CCOCC2)c1)c1ccc(Cl)cc1. The molecule has 1 fully saturated rings. The zero-order valence-electron chi connectivity index (χ0n) is 15.9. The topological polar surface area (TPSA) is 110 Å². The number of amides is 3. The first-order valence-electron chi connectivity index (χ1n) is 9.37. The number of halogens is 1. The maximum Gasteiger partial charge on any atom is 0.312 e. The summed E-state index contributed by atoms with van der Waals surface area (Å²) in [7, 11) is 0. The average molecular weight is 418 g/mol. The van der Waals surface area contributed by atoms with Gasteiger partial charge in [0.1, 0.15) is 5.82 Å². The summed E-state index contributed by atoms with van der Waals surface area (Å²) >= 11 is 5.91. The fraction of sp³-hybridized carbons (Fsp3) is 0.350. The van der Waals surface area contributed by atoms with Crippen LogP contribution in [0.5, 0.6) is 0 Å². The molecule has 0 spiro atoms. The molecule has 1 aliphatic heterocycles. The fourth-order valence-corrected chi connectivity index (χ4v) is 3.24. The lowest BCUT2D eigenvalue weighted by atomic mass is 10.0. The van der Waals surface area contributed by atoms with Crippen molar-refractivity contribution in [1.82, 2.24) is 15.6 Å². The first kappa shape index (κ1) is 20.9. The Morgan fingerprint density at radius 3 is 2.62 bits per heavy atom. The van der Waals surface area contributed by atoms with Crippen LogP contribution in [0, 0.1) is 0 Å². The second-order valence-corrected chi connectivity index (χ2v) is 7.15. The van der Waals surface area contributed by atoms with Gasteiger partial charge in [0.15, 0.2) is 0 Å². The number of rotatable bonds is 7. The molecule has 0 radical (unpaired) electrons. The molecule has 0 aliphatic carbocycles. The van der Waals surface area contributed by atoms with Gasteiger partial charge in [-0.3, -0.25) is 4.79 Å². The zero-order valence-corrected chi connectivity index (χ0v) is 16.7. The monoisotopic (exact) mass is 417 g/mol. The number of aromatic nitrogens is 1. The quantitative estimate of drug-likeness (QED) is 0.638. The minimum absolute atomic E-state index is 0.0615. The number of primary amides is 1. The van der Waals surface area contributed by atoms with Gasteiger partial charge in [-0.1, -0.05) is 23.7 Å². The van der Waals surface area contributed by atoms with Crippen molar-refractivity contribution < 1.29 is 14.3 Å². The van der Waals surface area contributed by atoms with Crippen molar-refractivity contribution in [2.24, 2.45) is 5.73 Å². The van der Waals surface area contributed by atoms with Crippen LogP contribution in [-0.2, 0) is 16.1 Å². The van der Waals surface area contributed by atoms with Crippen LogP contribution >= 0.6 is 11.6 Å². The molecule has 29 heavy (non-hydrogen) atoms. The smallest absolute Gasteiger partial charge is 0.312 e. The van der Waals surface area contributed by atoms with Gasteiger partial charge in [0.05, 0.1) is 25.7 Å². The largest absolute Gasteiger partial charge is 0.378 e. The second kappa shape index (κ2) is 10.1. The standard InChI is InChI=1S/C20H24ClN5O3/c21-16-3-1-15(2-4-16)17(25-20(22)28)12-19(27)24-13-14-5-6-23-18(11-14)26-7-9-29-10-8-26/h1-6,11,17H,7-10,12-13H2,(H,24,27)(H3,22,25,28)/t17-/m0/s1. The maximum atomic E-state index is 12.5. The summed E-state index contributed by atoms with van der Waals surface area (Å²) in [5.41, 5.74) is 6.96. The second-order valence-electron chi connectivity index (χ2n) is 6.72. The van der Waals surface area contributed by atoms with E-state index in [0.717, 1.165) is 30.0 Å². The van der Waals surface area contributed by atoms with E-state index >= 15 is 0 Å². The number of nitrogens with zero attached hydrogens (tertiary/aromatic N) is 2. The molecule has 154 valence electrons. The van der Waals surface area contributed by atoms with E-state index in [-0.39, 0.29) is 12.3 Å². The lowest BCUT2D eigenvalue weighted by molar-refractivity contribution is -0.121. The molecule has 0 unspecified atom stereocenters. The molecule has 2 heterocycles. The van der Waals surface area contributed by atoms with Crippen LogP contribution in [0.4, 0.5) is 10.6 Å². The van der Waals surface area contributed by atoms with Crippen LogP contribution in [0.1, 0.15) is 23.6 Å². The van der Waals surface area contributed by atoms with Gasteiger partial charge in [-0.2, -0.15) is 0 Å². The average Bonchev–Trinajstić information content (AvgIpc) is 2.73. The predicted molar refractivity (Wildman–Crippen MR) is 111 cm³/mol. The first-order chi connectivity index (χ1) is 14.0. The number of nitrogens with one attached hydrogen (secondary N) is 2. The van der Waals surface area contributed by atoms with Gasteiger partial charge in [-0.15, -0.1) is 0 Å². The minimum atomic E-state index is -0.693. The molecule has 4 N–H and O–H groups in total. The summed E-state index contributed by atoms with van der Waals surface area (Å²) in [4.78, 5) is 30.4. The van der Waals surface area contributed by atoms with E-state index in [1.54, 1.807) is 30.5 Å². The summed E-state index contributed by atoms with van der Waals surface area (Å²) in [6.07, 6.45) is 1.80. The number of morpholine rings is 1. The Hall–Kier alpha value is -2.84. The van der Waals surface area contributed by atoms with Gasteiger partial charge < -0.3 is 26.0 Å². The van der Waals surface area contributed by atoms with E-state index in [4.69, 9.17) is 22.1 Å². The van der Waals surface area contributed by atoms with E-state index < -0.39 is 12.1 Å². The molecule has 1 aromatic carbocycles. The first-order valence-corrected chi connectivity index (χ1v) is 9.75. The summed E-state index contributed by atoms with van der Waals surface area (Å²) in [6, 6.07) is 9.52. The fourth-order valence-electron chi connectivity index (χ4n) is 3.11. The van der Waals surface area contributed by atoms with Crippen molar-refractivity contribution in [3.63, 3.8) is 0 Å². The molecule has 3 amide bonds. The minimum Gasteiger partial charge on any atom is -0.378 e. The number of ether oxygens (including phenoxy) is 1. The van der Waals surface area contributed by atoms with Crippen molar-refractivity contribution in [3.05, 3.63) is 58.7 Å². The molecule has 1 aliphatic rings. The van der Waals surface area contributed by atoms with Crippen LogP contribution < -0.4 is 21.3 Å². The molecular formula is C20H24ClN5O3. The number of anilines is 1. The third kappa shape index (κ3) is 6.33.